The zero-order chi connectivity index (χ0) is 15.6. The van der Waals surface area contributed by atoms with E-state index in [0.717, 1.165) is 22.9 Å². The zero-order valence-electron chi connectivity index (χ0n) is 11.4. The van der Waals surface area contributed by atoms with Gasteiger partial charge in [-0.15, -0.1) is 0 Å². The topological polar surface area (TPSA) is 64.0 Å². The third kappa shape index (κ3) is 3.31. The SMILES string of the molecule is Cc1ccc(=O)n(C(C)C(=O)Nc2cc(F)ccc2F)n1. The molecule has 1 unspecified atom stereocenters. The third-order valence-corrected chi connectivity index (χ3v) is 2.89. The summed E-state index contributed by atoms with van der Waals surface area (Å²) in [5, 5.41) is 6.19. The Morgan fingerprint density at radius 2 is 2.00 bits per heavy atom. The molecular formula is C14H13F2N3O2. The van der Waals surface area contributed by atoms with Crippen LogP contribution in [0.5, 0.6) is 0 Å². The van der Waals surface area contributed by atoms with E-state index in [1.165, 1.54) is 19.1 Å². The Morgan fingerprint density at radius 1 is 1.29 bits per heavy atom. The number of aryl methyl sites for hydroxylation is 1. The van der Waals surface area contributed by atoms with Crippen LogP contribution < -0.4 is 10.9 Å². The summed E-state index contributed by atoms with van der Waals surface area (Å²) in [6.07, 6.45) is 0. The molecule has 2 aromatic rings. The largest absolute Gasteiger partial charge is 0.322 e. The lowest BCUT2D eigenvalue weighted by Gasteiger charge is -2.14. The number of aromatic nitrogens is 2. The molecule has 110 valence electrons. The molecule has 0 aliphatic rings. The summed E-state index contributed by atoms with van der Waals surface area (Å²) in [5.41, 5.74) is -0.179. The molecule has 2 rings (SSSR count). The Kier molecular flexibility index (Phi) is 4.11. The normalized spacial score (nSPS) is 12.0. The molecule has 1 aromatic heterocycles. The summed E-state index contributed by atoms with van der Waals surface area (Å²) >= 11 is 0. The van der Waals surface area contributed by atoms with E-state index in [9.17, 15) is 18.4 Å². The first kappa shape index (κ1) is 14.8. The van der Waals surface area contributed by atoms with Crippen molar-refractivity contribution in [3.8, 4) is 0 Å². The maximum Gasteiger partial charge on any atom is 0.267 e. The average Bonchev–Trinajstić information content (AvgIpc) is 2.44. The number of nitrogens with one attached hydrogen (secondary N) is 1. The molecule has 1 atom stereocenters. The highest BCUT2D eigenvalue weighted by molar-refractivity contribution is 5.93. The van der Waals surface area contributed by atoms with E-state index in [4.69, 9.17) is 0 Å². The van der Waals surface area contributed by atoms with Crippen LogP contribution in [0.25, 0.3) is 0 Å². The first-order valence-electron chi connectivity index (χ1n) is 6.21. The fourth-order valence-corrected chi connectivity index (χ4v) is 1.74. The molecule has 0 saturated carbocycles. The van der Waals surface area contributed by atoms with Crippen LogP contribution in [0.1, 0.15) is 18.7 Å². The molecule has 0 aliphatic carbocycles. The van der Waals surface area contributed by atoms with Crippen molar-refractivity contribution in [2.75, 3.05) is 5.32 Å². The number of hydrogen-bond acceptors (Lipinski definition) is 3. The van der Waals surface area contributed by atoms with Gasteiger partial charge < -0.3 is 5.32 Å². The number of halogens is 2. The Balaban J connectivity index is 2.25. The molecule has 21 heavy (non-hydrogen) atoms. The maximum absolute atomic E-state index is 13.5. The molecule has 5 nitrogen and oxygen atoms in total. The first-order chi connectivity index (χ1) is 9.88. The van der Waals surface area contributed by atoms with Crippen LogP contribution in [0.15, 0.2) is 35.1 Å². The van der Waals surface area contributed by atoms with Crippen LogP contribution in [0.3, 0.4) is 0 Å². The summed E-state index contributed by atoms with van der Waals surface area (Å²) in [6, 6.07) is 4.57. The van der Waals surface area contributed by atoms with E-state index in [-0.39, 0.29) is 5.69 Å². The van der Waals surface area contributed by atoms with Gasteiger partial charge in [-0.05, 0) is 32.0 Å². The monoisotopic (exact) mass is 293 g/mol. The first-order valence-corrected chi connectivity index (χ1v) is 6.21. The number of anilines is 1. The summed E-state index contributed by atoms with van der Waals surface area (Å²) in [4.78, 5) is 23.7. The van der Waals surface area contributed by atoms with Crippen LogP contribution >= 0.6 is 0 Å². The summed E-state index contributed by atoms with van der Waals surface area (Å²) in [7, 11) is 0. The Hall–Kier alpha value is -2.57. The van der Waals surface area contributed by atoms with Crippen molar-refractivity contribution in [3.05, 3.63) is 58.0 Å². The van der Waals surface area contributed by atoms with Crippen molar-refractivity contribution >= 4 is 11.6 Å². The zero-order valence-corrected chi connectivity index (χ0v) is 11.4. The Labute approximate surface area is 119 Å². The van der Waals surface area contributed by atoms with Gasteiger partial charge in [0.05, 0.1) is 11.4 Å². The number of amides is 1. The average molecular weight is 293 g/mol. The smallest absolute Gasteiger partial charge is 0.267 e. The quantitative estimate of drug-likeness (QED) is 0.941. The number of carbonyl (C=O) groups is 1. The van der Waals surface area contributed by atoms with Gasteiger partial charge in [0.15, 0.2) is 0 Å². The Bertz CT molecular complexity index is 743. The molecule has 1 amide bonds. The van der Waals surface area contributed by atoms with Gasteiger partial charge in [-0.1, -0.05) is 0 Å². The molecule has 7 heteroatoms. The second-order valence-electron chi connectivity index (χ2n) is 4.55. The van der Waals surface area contributed by atoms with Gasteiger partial charge in [-0.3, -0.25) is 9.59 Å². The van der Waals surface area contributed by atoms with Gasteiger partial charge in [0, 0.05) is 12.1 Å². The van der Waals surface area contributed by atoms with Crippen LogP contribution in [-0.4, -0.2) is 15.7 Å². The maximum atomic E-state index is 13.5. The number of carbonyl (C=O) groups excluding carboxylic acids is 1. The summed E-state index contributed by atoms with van der Waals surface area (Å²) in [6.45, 7) is 3.12. The fraction of sp³-hybridized carbons (Fsp3) is 0.214. The van der Waals surface area contributed by atoms with E-state index in [1.807, 2.05) is 0 Å². The van der Waals surface area contributed by atoms with E-state index < -0.39 is 29.1 Å². The van der Waals surface area contributed by atoms with Crippen molar-refractivity contribution in [1.29, 1.82) is 0 Å². The minimum Gasteiger partial charge on any atom is -0.322 e. The van der Waals surface area contributed by atoms with Crippen molar-refractivity contribution in [1.82, 2.24) is 9.78 Å². The Morgan fingerprint density at radius 3 is 2.71 bits per heavy atom. The number of nitrogens with zero attached hydrogens (tertiary/aromatic N) is 2. The number of rotatable bonds is 3. The molecule has 0 spiro atoms. The van der Waals surface area contributed by atoms with Gasteiger partial charge in [0.2, 0.25) is 5.91 Å². The molecule has 0 fully saturated rings. The second-order valence-corrected chi connectivity index (χ2v) is 4.55. The standard InChI is InChI=1S/C14H13F2N3O2/c1-8-3-6-13(20)19(18-8)9(2)14(21)17-12-7-10(15)4-5-11(12)16/h3-7,9H,1-2H3,(H,17,21). The van der Waals surface area contributed by atoms with Crippen LogP contribution in [0.4, 0.5) is 14.5 Å². The van der Waals surface area contributed by atoms with Crippen molar-refractivity contribution in [2.45, 2.75) is 19.9 Å². The van der Waals surface area contributed by atoms with Crippen LogP contribution in [-0.2, 0) is 4.79 Å². The molecule has 0 saturated heterocycles. The lowest BCUT2D eigenvalue weighted by atomic mass is 10.2. The van der Waals surface area contributed by atoms with E-state index in [2.05, 4.69) is 10.4 Å². The highest BCUT2D eigenvalue weighted by atomic mass is 19.1. The minimum absolute atomic E-state index is 0.285. The third-order valence-electron chi connectivity index (χ3n) is 2.89. The van der Waals surface area contributed by atoms with Crippen molar-refractivity contribution < 1.29 is 13.6 Å². The summed E-state index contributed by atoms with van der Waals surface area (Å²) < 4.78 is 27.5. The highest BCUT2D eigenvalue weighted by Crippen LogP contribution is 2.16. The van der Waals surface area contributed by atoms with E-state index in [0.29, 0.717) is 5.69 Å². The van der Waals surface area contributed by atoms with Gasteiger partial charge in [-0.25, -0.2) is 13.5 Å². The molecule has 0 radical (unpaired) electrons. The van der Waals surface area contributed by atoms with Crippen molar-refractivity contribution in [3.63, 3.8) is 0 Å². The molecule has 1 aromatic carbocycles. The molecule has 0 bridgehead atoms. The lowest BCUT2D eigenvalue weighted by molar-refractivity contribution is -0.119. The second kappa shape index (κ2) is 5.82. The molecular weight excluding hydrogens is 280 g/mol. The molecule has 1 N–H and O–H groups in total. The predicted octanol–water partition coefficient (Wildman–Crippen LogP) is 2.03. The minimum atomic E-state index is -0.958. The van der Waals surface area contributed by atoms with Crippen LogP contribution in [0, 0.1) is 18.6 Å². The van der Waals surface area contributed by atoms with Crippen molar-refractivity contribution in [2.24, 2.45) is 0 Å². The highest BCUT2D eigenvalue weighted by Gasteiger charge is 2.19. The van der Waals surface area contributed by atoms with Gasteiger partial charge in [-0.2, -0.15) is 5.10 Å². The fourth-order valence-electron chi connectivity index (χ4n) is 1.74. The summed E-state index contributed by atoms with van der Waals surface area (Å²) in [5.74, 6) is -2.11. The number of hydrogen-bond donors (Lipinski definition) is 1. The van der Waals surface area contributed by atoms with E-state index >= 15 is 0 Å². The van der Waals surface area contributed by atoms with Gasteiger partial charge >= 0.3 is 0 Å². The lowest BCUT2D eigenvalue weighted by Crippen LogP contribution is -2.33. The molecule has 1 heterocycles. The van der Waals surface area contributed by atoms with Crippen LogP contribution in [0.2, 0.25) is 0 Å². The molecule has 0 aliphatic heterocycles. The van der Waals surface area contributed by atoms with E-state index in [1.54, 1.807) is 6.92 Å². The van der Waals surface area contributed by atoms with Gasteiger partial charge in [0.1, 0.15) is 17.7 Å². The predicted molar refractivity (Wildman–Crippen MR) is 72.9 cm³/mol. The van der Waals surface area contributed by atoms with Gasteiger partial charge in [0.25, 0.3) is 5.56 Å². The number of benzene rings is 1.